The van der Waals surface area contributed by atoms with Crippen LogP contribution in [0.2, 0.25) is 0 Å². The summed E-state index contributed by atoms with van der Waals surface area (Å²) in [6.45, 7) is 0. The molecule has 0 aliphatic heterocycles. The predicted octanol–water partition coefficient (Wildman–Crippen LogP) is 4.49. The molecule has 1 aliphatic rings. The summed E-state index contributed by atoms with van der Waals surface area (Å²) in [6.07, 6.45) is 0.741. The summed E-state index contributed by atoms with van der Waals surface area (Å²) >= 11 is 1.69. The molecule has 110 valence electrons. The monoisotopic (exact) mass is 302 g/mol. The van der Waals surface area contributed by atoms with E-state index in [0.29, 0.717) is 16.6 Å². The van der Waals surface area contributed by atoms with Gasteiger partial charge in [0.1, 0.15) is 5.78 Å². The highest BCUT2D eigenvalue weighted by Gasteiger charge is 2.29. The second-order valence-corrected chi connectivity index (χ2v) is 6.42. The molecule has 0 radical (unpaired) electrons. The summed E-state index contributed by atoms with van der Waals surface area (Å²) in [5.41, 5.74) is -0.0240. The Morgan fingerprint density at radius 2 is 1.75 bits per heavy atom. The number of thioether (sulfide) groups is 1. The first-order valence-corrected chi connectivity index (χ1v) is 7.79. The molecule has 1 aliphatic carbocycles. The first kappa shape index (κ1) is 15.4. The topological polar surface area (TPSA) is 17.1 Å². The molecule has 5 heteroatoms. The molecule has 1 nitrogen and oxygen atoms in total. The molecular weight excluding hydrogens is 285 g/mol. The van der Waals surface area contributed by atoms with Crippen molar-refractivity contribution in [1.29, 1.82) is 0 Å². The number of benzene rings is 1. The van der Waals surface area contributed by atoms with Crippen molar-refractivity contribution in [3.05, 3.63) is 35.4 Å². The minimum atomic E-state index is -4.32. The van der Waals surface area contributed by atoms with Crippen LogP contribution in [0.25, 0.3) is 0 Å². The van der Waals surface area contributed by atoms with E-state index in [9.17, 15) is 18.0 Å². The maximum Gasteiger partial charge on any atom is 0.416 e. The van der Waals surface area contributed by atoms with Crippen LogP contribution in [0.1, 0.15) is 36.8 Å². The maximum atomic E-state index is 12.4. The number of rotatable bonds is 5. The third kappa shape index (κ3) is 4.54. The van der Waals surface area contributed by atoms with Crippen LogP contribution in [0.3, 0.4) is 0 Å². The summed E-state index contributed by atoms with van der Waals surface area (Å²) in [5, 5.41) is 0.589. The third-order valence-corrected chi connectivity index (χ3v) is 4.90. The van der Waals surface area contributed by atoms with Crippen LogP contribution >= 0.6 is 11.8 Å². The molecule has 0 aromatic heterocycles. The number of hydrogen-bond donors (Lipinski definition) is 0. The highest BCUT2D eigenvalue weighted by atomic mass is 32.2. The number of halogens is 3. The maximum absolute atomic E-state index is 12.4. The second kappa shape index (κ2) is 6.66. The van der Waals surface area contributed by atoms with Gasteiger partial charge in [0.15, 0.2) is 0 Å². The van der Waals surface area contributed by atoms with Gasteiger partial charge in [0.2, 0.25) is 0 Å². The van der Waals surface area contributed by atoms with E-state index in [-0.39, 0.29) is 12.2 Å². The van der Waals surface area contributed by atoms with Crippen LogP contribution in [0.5, 0.6) is 0 Å². The molecule has 0 amide bonds. The molecule has 1 aromatic rings. The van der Waals surface area contributed by atoms with Crippen molar-refractivity contribution < 1.29 is 18.0 Å². The Balaban J connectivity index is 1.81. The molecule has 1 saturated carbocycles. The van der Waals surface area contributed by atoms with E-state index in [4.69, 9.17) is 0 Å². The zero-order chi connectivity index (χ0) is 14.6. The van der Waals surface area contributed by atoms with Crippen LogP contribution in [0, 0.1) is 0 Å². The van der Waals surface area contributed by atoms with E-state index in [1.165, 1.54) is 37.8 Å². The third-order valence-electron chi connectivity index (χ3n) is 3.46. The molecule has 1 fully saturated rings. The Kier molecular flexibility index (Phi) is 5.13. The van der Waals surface area contributed by atoms with Crippen LogP contribution in [-0.4, -0.2) is 16.8 Å². The number of alkyl halides is 3. The van der Waals surface area contributed by atoms with Gasteiger partial charge in [-0.05, 0) is 30.5 Å². The number of carbonyl (C=O) groups is 1. The van der Waals surface area contributed by atoms with Gasteiger partial charge in [-0.1, -0.05) is 25.0 Å². The first-order chi connectivity index (χ1) is 9.45. The largest absolute Gasteiger partial charge is 0.416 e. The molecule has 20 heavy (non-hydrogen) atoms. The van der Waals surface area contributed by atoms with Gasteiger partial charge < -0.3 is 0 Å². The predicted molar refractivity (Wildman–Crippen MR) is 74.9 cm³/mol. The van der Waals surface area contributed by atoms with E-state index in [1.54, 1.807) is 11.8 Å². The minimum Gasteiger partial charge on any atom is -0.298 e. The molecule has 1 aromatic carbocycles. The van der Waals surface area contributed by atoms with Crippen LogP contribution in [0.15, 0.2) is 24.3 Å². The Labute approximate surface area is 120 Å². The highest BCUT2D eigenvalue weighted by Crippen LogP contribution is 2.30. The summed E-state index contributed by atoms with van der Waals surface area (Å²) in [6, 6.07) is 4.85. The molecule has 0 spiro atoms. The van der Waals surface area contributed by atoms with Crippen LogP contribution in [0.4, 0.5) is 13.2 Å². The van der Waals surface area contributed by atoms with E-state index < -0.39 is 11.7 Å². The standard InChI is InChI=1S/C15H17F3OS/c16-15(17,18)12-7-5-11(6-8-12)9-13(19)10-20-14-3-1-2-4-14/h5-8,14H,1-4,9-10H2. The summed E-state index contributed by atoms with van der Waals surface area (Å²) in [5.74, 6) is 0.549. The fraction of sp³-hybridized carbons (Fsp3) is 0.533. The van der Waals surface area contributed by atoms with Crippen molar-refractivity contribution in [2.75, 3.05) is 5.75 Å². The van der Waals surface area contributed by atoms with Crippen molar-refractivity contribution in [1.82, 2.24) is 0 Å². The average Bonchev–Trinajstić information content (AvgIpc) is 2.89. The molecule has 2 rings (SSSR count). The van der Waals surface area contributed by atoms with Gasteiger partial charge >= 0.3 is 6.18 Å². The fourth-order valence-electron chi connectivity index (χ4n) is 2.36. The molecule has 0 heterocycles. The van der Waals surface area contributed by atoms with E-state index >= 15 is 0 Å². The first-order valence-electron chi connectivity index (χ1n) is 6.74. The summed E-state index contributed by atoms with van der Waals surface area (Å²) in [7, 11) is 0. The van der Waals surface area contributed by atoms with Crippen molar-refractivity contribution in [2.45, 2.75) is 43.5 Å². The van der Waals surface area contributed by atoms with E-state index in [2.05, 4.69) is 0 Å². The molecule has 0 unspecified atom stereocenters. The lowest BCUT2D eigenvalue weighted by Crippen LogP contribution is -2.09. The van der Waals surface area contributed by atoms with Gasteiger partial charge in [0.25, 0.3) is 0 Å². The van der Waals surface area contributed by atoms with Crippen molar-refractivity contribution in [2.24, 2.45) is 0 Å². The van der Waals surface area contributed by atoms with E-state index in [1.807, 2.05) is 0 Å². The quantitative estimate of drug-likeness (QED) is 0.797. The second-order valence-electron chi connectivity index (χ2n) is 5.13. The number of carbonyl (C=O) groups excluding carboxylic acids is 1. The average molecular weight is 302 g/mol. The van der Waals surface area contributed by atoms with E-state index in [0.717, 1.165) is 12.1 Å². The van der Waals surface area contributed by atoms with Gasteiger partial charge in [0, 0.05) is 11.7 Å². The lowest BCUT2D eigenvalue weighted by Gasteiger charge is -2.09. The Morgan fingerprint density at radius 1 is 1.15 bits per heavy atom. The van der Waals surface area contributed by atoms with Gasteiger partial charge in [0.05, 0.1) is 11.3 Å². The normalized spacial score (nSPS) is 16.6. The highest BCUT2D eigenvalue weighted by molar-refractivity contribution is 8.00. The lowest BCUT2D eigenvalue weighted by molar-refractivity contribution is -0.137. The van der Waals surface area contributed by atoms with Gasteiger partial charge in [-0.25, -0.2) is 0 Å². The van der Waals surface area contributed by atoms with Crippen LogP contribution in [-0.2, 0) is 17.4 Å². The summed E-state index contributed by atoms with van der Waals surface area (Å²) in [4.78, 5) is 11.8. The van der Waals surface area contributed by atoms with Gasteiger partial charge in [-0.2, -0.15) is 24.9 Å². The van der Waals surface area contributed by atoms with Gasteiger partial charge in [-0.3, -0.25) is 4.79 Å². The smallest absolute Gasteiger partial charge is 0.298 e. The molecule has 0 atom stereocenters. The Hall–Kier alpha value is -0.970. The Bertz CT molecular complexity index is 447. The number of Topliss-reactive ketones (excluding diaryl/α,β-unsaturated/α-hetero) is 1. The SMILES string of the molecule is O=C(CSC1CCCC1)Cc1ccc(C(F)(F)F)cc1. The molecule has 0 bridgehead atoms. The fourth-order valence-corrected chi connectivity index (χ4v) is 3.55. The van der Waals surface area contributed by atoms with Crippen molar-refractivity contribution in [3.8, 4) is 0 Å². The van der Waals surface area contributed by atoms with Crippen LogP contribution < -0.4 is 0 Å². The summed E-state index contributed by atoms with van der Waals surface area (Å²) < 4.78 is 37.2. The lowest BCUT2D eigenvalue weighted by atomic mass is 10.1. The number of hydrogen-bond acceptors (Lipinski definition) is 2. The molecule has 0 saturated heterocycles. The molecular formula is C15H17F3OS. The van der Waals surface area contributed by atoms with Crippen molar-refractivity contribution in [3.63, 3.8) is 0 Å². The van der Waals surface area contributed by atoms with Gasteiger partial charge in [-0.15, -0.1) is 0 Å². The zero-order valence-electron chi connectivity index (χ0n) is 11.1. The minimum absolute atomic E-state index is 0.0849. The van der Waals surface area contributed by atoms with Crippen molar-refractivity contribution >= 4 is 17.5 Å². The molecule has 0 N–H and O–H groups in total. The zero-order valence-corrected chi connectivity index (χ0v) is 11.9. The Morgan fingerprint density at radius 3 is 2.30 bits per heavy atom. The number of ketones is 1.